The zero-order valence-electron chi connectivity index (χ0n) is 13.8. The molecule has 1 fully saturated rings. The maximum absolute atomic E-state index is 4.68. The lowest BCUT2D eigenvalue weighted by Crippen LogP contribution is -2.28. The molecule has 1 unspecified atom stereocenters. The lowest BCUT2D eigenvalue weighted by atomic mass is 9.84. The Hall–Kier alpha value is -1.32. The minimum atomic E-state index is 0.490. The molecule has 0 amide bonds. The van der Waals surface area contributed by atoms with Gasteiger partial charge in [0, 0.05) is 25.1 Å². The number of rotatable bonds is 7. The van der Waals surface area contributed by atoms with E-state index in [4.69, 9.17) is 0 Å². The van der Waals surface area contributed by atoms with Gasteiger partial charge in [-0.2, -0.15) is 0 Å². The van der Waals surface area contributed by atoms with Crippen molar-refractivity contribution in [1.29, 1.82) is 0 Å². The van der Waals surface area contributed by atoms with Crippen molar-refractivity contribution >= 4 is 11.6 Å². The molecule has 1 heterocycles. The topological polar surface area (TPSA) is 49.8 Å². The molecule has 0 spiro atoms. The van der Waals surface area contributed by atoms with Gasteiger partial charge >= 0.3 is 0 Å². The number of hydrogen-bond donors (Lipinski definition) is 2. The third kappa shape index (κ3) is 4.87. The molecule has 2 rings (SSSR count). The van der Waals surface area contributed by atoms with Crippen LogP contribution in [0, 0.1) is 5.92 Å². The fourth-order valence-corrected chi connectivity index (χ4v) is 3.16. The van der Waals surface area contributed by atoms with Gasteiger partial charge in [-0.15, -0.1) is 0 Å². The largest absolute Gasteiger partial charge is 0.370 e. The summed E-state index contributed by atoms with van der Waals surface area (Å²) in [5.74, 6) is 3.64. The zero-order valence-corrected chi connectivity index (χ0v) is 13.8. The van der Waals surface area contributed by atoms with Crippen LogP contribution in [0.4, 0.5) is 11.6 Å². The van der Waals surface area contributed by atoms with E-state index in [-0.39, 0.29) is 0 Å². The van der Waals surface area contributed by atoms with Gasteiger partial charge in [-0.3, -0.25) is 0 Å². The van der Waals surface area contributed by atoms with Crippen LogP contribution in [0.2, 0.25) is 0 Å². The van der Waals surface area contributed by atoms with Crippen molar-refractivity contribution in [3.05, 3.63) is 11.9 Å². The summed E-state index contributed by atoms with van der Waals surface area (Å²) in [5.41, 5.74) is 0. The molecule has 1 atom stereocenters. The highest BCUT2D eigenvalue weighted by molar-refractivity contribution is 5.48. The van der Waals surface area contributed by atoms with Gasteiger partial charge in [0.1, 0.15) is 17.5 Å². The first-order chi connectivity index (χ1) is 10.2. The van der Waals surface area contributed by atoms with E-state index in [1.54, 1.807) is 0 Å². The molecular formula is C17H30N4. The van der Waals surface area contributed by atoms with Crippen molar-refractivity contribution in [2.24, 2.45) is 5.92 Å². The highest BCUT2D eigenvalue weighted by Crippen LogP contribution is 2.28. The smallest absolute Gasteiger partial charge is 0.133 e. The van der Waals surface area contributed by atoms with Crippen LogP contribution >= 0.6 is 0 Å². The molecule has 4 nitrogen and oxygen atoms in total. The molecule has 1 aliphatic rings. The second-order valence-corrected chi connectivity index (χ2v) is 6.17. The fourth-order valence-electron chi connectivity index (χ4n) is 3.16. The maximum atomic E-state index is 4.68. The molecule has 2 N–H and O–H groups in total. The van der Waals surface area contributed by atoms with Crippen molar-refractivity contribution in [3.8, 4) is 0 Å². The van der Waals surface area contributed by atoms with Crippen LogP contribution in [-0.2, 0) is 6.42 Å². The van der Waals surface area contributed by atoms with Crippen LogP contribution in [0.25, 0.3) is 0 Å². The van der Waals surface area contributed by atoms with E-state index in [0.29, 0.717) is 6.04 Å². The minimum absolute atomic E-state index is 0.490. The summed E-state index contributed by atoms with van der Waals surface area (Å²) in [6.07, 6.45) is 8.87. The van der Waals surface area contributed by atoms with Crippen LogP contribution in [0.3, 0.4) is 0 Å². The quantitative estimate of drug-likeness (QED) is 0.788. The average molecular weight is 290 g/mol. The summed E-state index contributed by atoms with van der Waals surface area (Å²) in [6.45, 7) is 7.45. The lowest BCUT2D eigenvalue weighted by Gasteiger charge is -2.28. The van der Waals surface area contributed by atoms with E-state index in [1.165, 1.54) is 32.1 Å². The van der Waals surface area contributed by atoms with Crippen molar-refractivity contribution in [3.63, 3.8) is 0 Å². The van der Waals surface area contributed by atoms with E-state index < -0.39 is 0 Å². The predicted molar refractivity (Wildman–Crippen MR) is 89.9 cm³/mol. The lowest BCUT2D eigenvalue weighted by molar-refractivity contribution is 0.328. The number of aromatic nitrogens is 2. The Balaban J connectivity index is 2.05. The predicted octanol–water partition coefficient (Wildman–Crippen LogP) is 4.24. The molecular weight excluding hydrogens is 260 g/mol. The summed E-state index contributed by atoms with van der Waals surface area (Å²) in [7, 11) is 0. The standard InChI is InChI=1S/C17H30N4/c1-4-9-15-20-16(18-5-2)12-17(21-15)19-13(3)14-10-7-6-8-11-14/h12-14H,4-11H2,1-3H3,(H2,18,19,20,21). The summed E-state index contributed by atoms with van der Waals surface area (Å²) in [4.78, 5) is 9.25. The molecule has 0 saturated heterocycles. The van der Waals surface area contributed by atoms with Gasteiger partial charge in [0.2, 0.25) is 0 Å². The van der Waals surface area contributed by atoms with Crippen LogP contribution in [0.1, 0.15) is 65.1 Å². The molecule has 0 aromatic carbocycles. The minimum Gasteiger partial charge on any atom is -0.370 e. The van der Waals surface area contributed by atoms with E-state index in [0.717, 1.165) is 42.8 Å². The number of nitrogens with zero attached hydrogens (tertiary/aromatic N) is 2. The molecule has 1 aliphatic carbocycles. The molecule has 1 saturated carbocycles. The second-order valence-electron chi connectivity index (χ2n) is 6.17. The normalized spacial score (nSPS) is 17.5. The highest BCUT2D eigenvalue weighted by Gasteiger charge is 2.20. The summed E-state index contributed by atoms with van der Waals surface area (Å²) >= 11 is 0. The molecule has 21 heavy (non-hydrogen) atoms. The van der Waals surface area contributed by atoms with Gasteiger partial charge in [-0.1, -0.05) is 26.2 Å². The first-order valence-corrected chi connectivity index (χ1v) is 8.61. The van der Waals surface area contributed by atoms with Gasteiger partial charge in [-0.25, -0.2) is 9.97 Å². The Morgan fingerprint density at radius 3 is 2.52 bits per heavy atom. The zero-order chi connectivity index (χ0) is 15.1. The number of aryl methyl sites for hydroxylation is 1. The van der Waals surface area contributed by atoms with Crippen LogP contribution < -0.4 is 10.6 Å². The monoisotopic (exact) mass is 290 g/mol. The fraction of sp³-hybridized carbons (Fsp3) is 0.765. The highest BCUT2D eigenvalue weighted by atomic mass is 15.1. The van der Waals surface area contributed by atoms with Crippen LogP contribution in [0.15, 0.2) is 6.07 Å². The van der Waals surface area contributed by atoms with Crippen molar-refractivity contribution in [2.45, 2.75) is 71.8 Å². The van der Waals surface area contributed by atoms with E-state index in [9.17, 15) is 0 Å². The summed E-state index contributed by atoms with van der Waals surface area (Å²) < 4.78 is 0. The third-order valence-electron chi connectivity index (χ3n) is 4.34. The molecule has 1 aromatic heterocycles. The second kappa shape index (κ2) is 8.20. The SMILES string of the molecule is CCCc1nc(NCC)cc(NC(C)C2CCCCC2)n1. The van der Waals surface area contributed by atoms with Crippen LogP contribution in [0.5, 0.6) is 0 Å². The molecule has 0 aliphatic heterocycles. The van der Waals surface area contributed by atoms with Crippen molar-refractivity contribution in [2.75, 3.05) is 17.2 Å². The molecule has 0 radical (unpaired) electrons. The third-order valence-corrected chi connectivity index (χ3v) is 4.34. The average Bonchev–Trinajstić information content (AvgIpc) is 2.48. The Kier molecular flexibility index (Phi) is 6.27. The Bertz CT molecular complexity index is 403. The molecule has 118 valence electrons. The number of nitrogens with one attached hydrogen (secondary N) is 2. The first-order valence-electron chi connectivity index (χ1n) is 8.61. The van der Waals surface area contributed by atoms with Crippen molar-refractivity contribution in [1.82, 2.24) is 9.97 Å². The summed E-state index contributed by atoms with van der Waals surface area (Å²) in [6, 6.07) is 2.53. The Morgan fingerprint density at radius 2 is 1.86 bits per heavy atom. The molecule has 0 bridgehead atoms. The number of anilines is 2. The molecule has 4 heteroatoms. The van der Waals surface area contributed by atoms with Crippen LogP contribution in [-0.4, -0.2) is 22.6 Å². The number of hydrogen-bond acceptors (Lipinski definition) is 4. The van der Waals surface area contributed by atoms with E-state index >= 15 is 0 Å². The van der Waals surface area contributed by atoms with Gasteiger partial charge in [0.25, 0.3) is 0 Å². The Morgan fingerprint density at radius 1 is 1.14 bits per heavy atom. The van der Waals surface area contributed by atoms with Crippen molar-refractivity contribution < 1.29 is 0 Å². The summed E-state index contributed by atoms with van der Waals surface area (Å²) in [5, 5.41) is 6.93. The van der Waals surface area contributed by atoms with Gasteiger partial charge in [0.05, 0.1) is 0 Å². The van der Waals surface area contributed by atoms with E-state index in [2.05, 4.69) is 41.4 Å². The van der Waals surface area contributed by atoms with Gasteiger partial charge in [-0.05, 0) is 39.0 Å². The van der Waals surface area contributed by atoms with E-state index in [1.807, 2.05) is 6.07 Å². The van der Waals surface area contributed by atoms with Gasteiger partial charge in [0.15, 0.2) is 0 Å². The maximum Gasteiger partial charge on any atom is 0.133 e. The first kappa shape index (κ1) is 16.1. The molecule has 1 aromatic rings. The van der Waals surface area contributed by atoms with Gasteiger partial charge < -0.3 is 10.6 Å². The Labute approximate surface area is 129 Å².